The summed E-state index contributed by atoms with van der Waals surface area (Å²) in [6.07, 6.45) is -0.445. The summed E-state index contributed by atoms with van der Waals surface area (Å²) in [5, 5.41) is 3.09. The molecule has 1 aliphatic rings. The SMILES string of the molecule is CNCc1ccc2c(c1)N(CCN)C(=O)C(C)O2. The molecular weight excluding hydrogens is 230 g/mol. The van der Waals surface area contributed by atoms with Gasteiger partial charge in [0.2, 0.25) is 0 Å². The van der Waals surface area contributed by atoms with Crippen LogP contribution in [0.3, 0.4) is 0 Å². The zero-order valence-corrected chi connectivity index (χ0v) is 10.8. The number of carbonyl (C=O) groups excluding carboxylic acids is 1. The summed E-state index contributed by atoms with van der Waals surface area (Å²) in [5.41, 5.74) is 7.50. The molecule has 1 unspecified atom stereocenters. The lowest BCUT2D eigenvalue weighted by atomic mass is 10.1. The van der Waals surface area contributed by atoms with E-state index in [1.54, 1.807) is 11.8 Å². The van der Waals surface area contributed by atoms with Crippen molar-refractivity contribution in [3.8, 4) is 5.75 Å². The van der Waals surface area contributed by atoms with Gasteiger partial charge < -0.3 is 20.7 Å². The molecular formula is C13H19N3O2. The number of nitrogens with one attached hydrogen (secondary N) is 1. The van der Waals surface area contributed by atoms with E-state index in [2.05, 4.69) is 5.32 Å². The third kappa shape index (κ3) is 2.32. The van der Waals surface area contributed by atoms with Crippen molar-refractivity contribution < 1.29 is 9.53 Å². The smallest absolute Gasteiger partial charge is 0.267 e. The standard InChI is InChI=1S/C13H19N3O2/c1-9-13(17)16(6-5-14)11-7-10(8-15-2)3-4-12(11)18-9/h3-4,7,9,15H,5-6,8,14H2,1-2H3. The molecule has 1 aromatic carbocycles. The summed E-state index contributed by atoms with van der Waals surface area (Å²) in [4.78, 5) is 13.8. The number of nitrogens with two attached hydrogens (primary N) is 1. The summed E-state index contributed by atoms with van der Waals surface area (Å²) < 4.78 is 5.60. The van der Waals surface area contributed by atoms with Crippen LogP contribution < -0.4 is 20.7 Å². The highest BCUT2D eigenvalue weighted by Crippen LogP contribution is 2.34. The molecule has 0 aliphatic carbocycles. The quantitative estimate of drug-likeness (QED) is 0.814. The molecule has 0 radical (unpaired) electrons. The Morgan fingerprint density at radius 3 is 2.94 bits per heavy atom. The second-order valence-corrected chi connectivity index (χ2v) is 4.37. The highest BCUT2D eigenvalue weighted by molar-refractivity contribution is 5.99. The van der Waals surface area contributed by atoms with Crippen LogP contribution in [0, 0.1) is 0 Å². The number of ether oxygens (including phenoxy) is 1. The number of carbonyl (C=O) groups is 1. The van der Waals surface area contributed by atoms with Crippen LogP contribution in [0.2, 0.25) is 0 Å². The number of fused-ring (bicyclic) bond motifs is 1. The van der Waals surface area contributed by atoms with Gasteiger partial charge in [-0.1, -0.05) is 6.07 Å². The summed E-state index contributed by atoms with van der Waals surface area (Å²) in [5.74, 6) is 0.713. The van der Waals surface area contributed by atoms with Crippen molar-refractivity contribution in [2.24, 2.45) is 5.73 Å². The van der Waals surface area contributed by atoms with Crippen LogP contribution >= 0.6 is 0 Å². The van der Waals surface area contributed by atoms with Crippen LogP contribution in [0.5, 0.6) is 5.75 Å². The average Bonchev–Trinajstić information content (AvgIpc) is 2.36. The van der Waals surface area contributed by atoms with Crippen molar-refractivity contribution in [2.75, 3.05) is 25.0 Å². The Labute approximate surface area is 107 Å². The monoisotopic (exact) mass is 249 g/mol. The second kappa shape index (κ2) is 5.37. The first kappa shape index (κ1) is 12.9. The molecule has 18 heavy (non-hydrogen) atoms. The maximum atomic E-state index is 12.1. The van der Waals surface area contributed by atoms with Crippen molar-refractivity contribution in [3.05, 3.63) is 23.8 Å². The number of hydrogen-bond donors (Lipinski definition) is 2. The first-order valence-electron chi connectivity index (χ1n) is 6.13. The molecule has 0 saturated carbocycles. The topological polar surface area (TPSA) is 67.6 Å². The van der Waals surface area contributed by atoms with E-state index >= 15 is 0 Å². The van der Waals surface area contributed by atoms with Gasteiger partial charge >= 0.3 is 0 Å². The number of benzene rings is 1. The van der Waals surface area contributed by atoms with Crippen molar-refractivity contribution in [3.63, 3.8) is 0 Å². The first-order chi connectivity index (χ1) is 8.67. The minimum Gasteiger partial charge on any atom is -0.479 e. The lowest BCUT2D eigenvalue weighted by Gasteiger charge is -2.33. The molecule has 98 valence electrons. The molecule has 0 bridgehead atoms. The Bertz CT molecular complexity index is 448. The maximum Gasteiger partial charge on any atom is 0.267 e. The molecule has 0 fully saturated rings. The Balaban J connectivity index is 2.38. The van der Waals surface area contributed by atoms with E-state index in [4.69, 9.17) is 10.5 Å². The van der Waals surface area contributed by atoms with Gasteiger partial charge in [0.05, 0.1) is 5.69 Å². The Morgan fingerprint density at radius 2 is 2.28 bits per heavy atom. The van der Waals surface area contributed by atoms with Gasteiger partial charge in [0.1, 0.15) is 5.75 Å². The zero-order valence-electron chi connectivity index (χ0n) is 10.8. The molecule has 5 heteroatoms. The van der Waals surface area contributed by atoms with Crippen LogP contribution in [-0.4, -0.2) is 32.1 Å². The molecule has 1 atom stereocenters. The van der Waals surface area contributed by atoms with Crippen LogP contribution in [0.25, 0.3) is 0 Å². The van der Waals surface area contributed by atoms with Gasteiger partial charge in [-0.2, -0.15) is 0 Å². The van der Waals surface area contributed by atoms with Crippen LogP contribution in [0.15, 0.2) is 18.2 Å². The molecule has 1 aromatic rings. The predicted molar refractivity (Wildman–Crippen MR) is 70.7 cm³/mol. The van der Waals surface area contributed by atoms with E-state index in [9.17, 15) is 4.79 Å². The second-order valence-electron chi connectivity index (χ2n) is 4.37. The van der Waals surface area contributed by atoms with E-state index in [0.29, 0.717) is 13.1 Å². The summed E-state index contributed by atoms with van der Waals surface area (Å²) in [6.45, 7) is 3.47. The van der Waals surface area contributed by atoms with Crippen molar-refractivity contribution in [1.82, 2.24) is 5.32 Å². The van der Waals surface area contributed by atoms with Gasteiger partial charge in [0.15, 0.2) is 6.10 Å². The number of rotatable bonds is 4. The van der Waals surface area contributed by atoms with Gasteiger partial charge in [-0.15, -0.1) is 0 Å². The normalized spacial score (nSPS) is 18.5. The van der Waals surface area contributed by atoms with Crippen molar-refractivity contribution in [2.45, 2.75) is 19.6 Å². The maximum absolute atomic E-state index is 12.1. The van der Waals surface area contributed by atoms with Crippen LogP contribution in [-0.2, 0) is 11.3 Å². The molecule has 0 saturated heterocycles. The molecule has 0 spiro atoms. The van der Waals surface area contributed by atoms with Crippen LogP contribution in [0.1, 0.15) is 12.5 Å². The minimum absolute atomic E-state index is 0.0328. The van der Waals surface area contributed by atoms with E-state index in [0.717, 1.165) is 23.5 Å². The number of amides is 1. The molecule has 5 nitrogen and oxygen atoms in total. The largest absolute Gasteiger partial charge is 0.479 e. The molecule has 1 heterocycles. The average molecular weight is 249 g/mol. The predicted octanol–water partition coefficient (Wildman–Crippen LogP) is 0.479. The zero-order chi connectivity index (χ0) is 13.1. The van der Waals surface area contributed by atoms with E-state index < -0.39 is 6.10 Å². The third-order valence-corrected chi connectivity index (χ3v) is 2.97. The first-order valence-corrected chi connectivity index (χ1v) is 6.13. The Kier molecular flexibility index (Phi) is 3.84. The van der Waals surface area contributed by atoms with E-state index in [-0.39, 0.29) is 5.91 Å². The van der Waals surface area contributed by atoms with Gasteiger partial charge in [-0.25, -0.2) is 0 Å². The minimum atomic E-state index is -0.445. The fourth-order valence-corrected chi connectivity index (χ4v) is 2.13. The van der Waals surface area contributed by atoms with E-state index in [1.807, 2.05) is 25.2 Å². The highest BCUT2D eigenvalue weighted by Gasteiger charge is 2.30. The van der Waals surface area contributed by atoms with Gasteiger partial charge in [0, 0.05) is 19.6 Å². The summed E-state index contributed by atoms with van der Waals surface area (Å²) in [7, 11) is 1.89. The number of nitrogens with zero attached hydrogens (tertiary/aromatic N) is 1. The molecule has 1 aliphatic heterocycles. The lowest BCUT2D eigenvalue weighted by Crippen LogP contribution is -2.46. The summed E-state index contributed by atoms with van der Waals surface area (Å²) in [6, 6.07) is 5.89. The van der Waals surface area contributed by atoms with Crippen molar-refractivity contribution >= 4 is 11.6 Å². The highest BCUT2D eigenvalue weighted by atomic mass is 16.5. The van der Waals surface area contributed by atoms with Gasteiger partial charge in [-0.3, -0.25) is 4.79 Å². The Morgan fingerprint density at radius 1 is 1.50 bits per heavy atom. The fraction of sp³-hybridized carbons (Fsp3) is 0.462. The van der Waals surface area contributed by atoms with Gasteiger partial charge in [-0.05, 0) is 31.7 Å². The molecule has 1 amide bonds. The Hall–Kier alpha value is -1.59. The molecule has 0 aromatic heterocycles. The lowest BCUT2D eigenvalue weighted by molar-refractivity contribution is -0.125. The van der Waals surface area contributed by atoms with Crippen LogP contribution in [0.4, 0.5) is 5.69 Å². The van der Waals surface area contributed by atoms with Gasteiger partial charge in [0.25, 0.3) is 5.91 Å². The summed E-state index contributed by atoms with van der Waals surface area (Å²) >= 11 is 0. The molecule has 2 rings (SSSR count). The third-order valence-electron chi connectivity index (χ3n) is 2.97. The number of hydrogen-bond acceptors (Lipinski definition) is 4. The van der Waals surface area contributed by atoms with E-state index in [1.165, 1.54) is 0 Å². The van der Waals surface area contributed by atoms with Crippen molar-refractivity contribution in [1.29, 1.82) is 0 Å². The molecule has 3 N–H and O–H groups in total. The number of anilines is 1. The fourth-order valence-electron chi connectivity index (χ4n) is 2.13.